The number of ether oxygens (including phenoxy) is 1. The highest BCUT2D eigenvalue weighted by molar-refractivity contribution is 5.85. The van der Waals surface area contributed by atoms with Gasteiger partial charge in [0.15, 0.2) is 17.4 Å². The molecular weight excluding hydrogens is 280 g/mol. The second-order valence-electron chi connectivity index (χ2n) is 4.09. The normalized spacial score (nSPS) is 10.8. The summed E-state index contributed by atoms with van der Waals surface area (Å²) in [5, 5.41) is 8.47. The van der Waals surface area contributed by atoms with Crippen LogP contribution < -0.4 is 4.74 Å². The Hall–Kier alpha value is -2.76. The molecule has 0 amide bonds. The molecule has 1 N–H and O–H groups in total. The monoisotopic (exact) mass is 291 g/mol. The second kappa shape index (κ2) is 6.60. The minimum atomic E-state index is -1.20. The molecule has 0 bridgehead atoms. The van der Waals surface area contributed by atoms with E-state index in [-0.39, 0.29) is 12.2 Å². The molecule has 1 heterocycles. The molecule has 2 rings (SSSR count). The average molecular weight is 291 g/mol. The fourth-order valence-corrected chi connectivity index (χ4v) is 1.61. The van der Waals surface area contributed by atoms with E-state index in [0.29, 0.717) is 5.69 Å². The first-order valence-electron chi connectivity index (χ1n) is 5.99. The largest absolute Gasteiger partial charge is 0.481 e. The number of nitrogens with zero attached hydrogens (tertiary/aromatic N) is 1. The van der Waals surface area contributed by atoms with Crippen LogP contribution in [-0.4, -0.2) is 16.1 Å². The number of benzene rings is 1. The molecule has 0 aliphatic heterocycles. The molecule has 0 aliphatic carbocycles. The van der Waals surface area contributed by atoms with E-state index in [9.17, 15) is 13.6 Å². The number of carboxylic acid groups (broad SMARTS) is 1. The third-order valence-corrected chi connectivity index (χ3v) is 2.53. The maximum Gasteiger partial charge on any atom is 0.328 e. The van der Waals surface area contributed by atoms with Crippen LogP contribution in [0.4, 0.5) is 8.78 Å². The van der Waals surface area contributed by atoms with Crippen molar-refractivity contribution in [1.82, 2.24) is 4.98 Å². The lowest BCUT2D eigenvalue weighted by Gasteiger charge is -2.08. The minimum absolute atomic E-state index is 0.0704. The van der Waals surface area contributed by atoms with E-state index in [1.54, 1.807) is 24.4 Å². The lowest BCUT2D eigenvalue weighted by atomic mass is 10.2. The van der Waals surface area contributed by atoms with Gasteiger partial charge in [0.1, 0.15) is 6.61 Å². The third-order valence-electron chi connectivity index (χ3n) is 2.53. The van der Waals surface area contributed by atoms with Gasteiger partial charge in [0.2, 0.25) is 0 Å². The van der Waals surface area contributed by atoms with E-state index in [4.69, 9.17) is 9.84 Å². The standard InChI is InChI=1S/C15H11F2NO3/c16-12-7-10(4-5-14(19)20)8-13(17)15(12)21-9-11-3-1-2-6-18-11/h1-8H,9H2,(H,19,20). The van der Waals surface area contributed by atoms with Gasteiger partial charge in [-0.3, -0.25) is 4.98 Å². The first-order valence-corrected chi connectivity index (χ1v) is 5.99. The zero-order valence-corrected chi connectivity index (χ0v) is 10.8. The quantitative estimate of drug-likeness (QED) is 0.860. The zero-order chi connectivity index (χ0) is 15.2. The highest BCUT2D eigenvalue weighted by Crippen LogP contribution is 2.24. The number of hydrogen-bond donors (Lipinski definition) is 1. The van der Waals surface area contributed by atoms with Crippen LogP contribution >= 0.6 is 0 Å². The number of hydrogen-bond acceptors (Lipinski definition) is 3. The maximum absolute atomic E-state index is 13.8. The molecule has 0 aliphatic rings. The Bertz CT molecular complexity index is 649. The van der Waals surface area contributed by atoms with Crippen molar-refractivity contribution >= 4 is 12.0 Å². The Kier molecular flexibility index (Phi) is 4.61. The molecular formula is C15H11F2NO3. The Morgan fingerprint density at radius 3 is 2.57 bits per heavy atom. The number of aliphatic carboxylic acids is 1. The van der Waals surface area contributed by atoms with Crippen LogP contribution in [0.1, 0.15) is 11.3 Å². The van der Waals surface area contributed by atoms with Crippen LogP contribution in [0.3, 0.4) is 0 Å². The fraction of sp³-hybridized carbons (Fsp3) is 0.0667. The second-order valence-corrected chi connectivity index (χ2v) is 4.09. The molecule has 0 saturated heterocycles. The van der Waals surface area contributed by atoms with E-state index in [2.05, 4.69) is 4.98 Å². The van der Waals surface area contributed by atoms with Gasteiger partial charge in [0.05, 0.1) is 5.69 Å². The van der Waals surface area contributed by atoms with Crippen LogP contribution in [0.5, 0.6) is 5.75 Å². The average Bonchev–Trinajstić information content (AvgIpc) is 2.45. The van der Waals surface area contributed by atoms with Crippen molar-refractivity contribution in [2.24, 2.45) is 0 Å². The molecule has 4 nitrogen and oxygen atoms in total. The molecule has 0 unspecified atom stereocenters. The van der Waals surface area contributed by atoms with Crippen molar-refractivity contribution < 1.29 is 23.4 Å². The molecule has 0 spiro atoms. The van der Waals surface area contributed by atoms with E-state index >= 15 is 0 Å². The van der Waals surface area contributed by atoms with Gasteiger partial charge in [0, 0.05) is 12.3 Å². The number of halogens is 2. The van der Waals surface area contributed by atoms with Gasteiger partial charge in [-0.05, 0) is 35.9 Å². The van der Waals surface area contributed by atoms with Crippen LogP contribution in [-0.2, 0) is 11.4 Å². The van der Waals surface area contributed by atoms with Gasteiger partial charge in [-0.25, -0.2) is 13.6 Å². The van der Waals surface area contributed by atoms with E-state index in [1.165, 1.54) is 0 Å². The summed E-state index contributed by atoms with van der Waals surface area (Å²) in [7, 11) is 0. The van der Waals surface area contributed by atoms with Crippen LogP contribution in [0.25, 0.3) is 6.08 Å². The third kappa shape index (κ3) is 4.10. The lowest BCUT2D eigenvalue weighted by molar-refractivity contribution is -0.131. The first kappa shape index (κ1) is 14.6. The van der Waals surface area contributed by atoms with Crippen LogP contribution in [0.15, 0.2) is 42.6 Å². The predicted octanol–water partition coefficient (Wildman–Crippen LogP) is 3.04. The van der Waals surface area contributed by atoms with Crippen molar-refractivity contribution in [3.63, 3.8) is 0 Å². The molecule has 2 aromatic rings. The minimum Gasteiger partial charge on any atom is -0.481 e. The first-order chi connectivity index (χ1) is 10.1. The number of carboxylic acids is 1. The van der Waals surface area contributed by atoms with Crippen LogP contribution in [0.2, 0.25) is 0 Å². The predicted molar refractivity (Wildman–Crippen MR) is 71.6 cm³/mol. The van der Waals surface area contributed by atoms with Gasteiger partial charge < -0.3 is 9.84 Å². The topological polar surface area (TPSA) is 59.4 Å². The Morgan fingerprint density at radius 2 is 2.00 bits per heavy atom. The van der Waals surface area contributed by atoms with Crippen molar-refractivity contribution in [1.29, 1.82) is 0 Å². The maximum atomic E-state index is 13.8. The van der Waals surface area contributed by atoms with Crippen molar-refractivity contribution in [3.05, 3.63) is 65.5 Å². The summed E-state index contributed by atoms with van der Waals surface area (Å²) in [6, 6.07) is 7.11. The van der Waals surface area contributed by atoms with Gasteiger partial charge >= 0.3 is 5.97 Å². The summed E-state index contributed by atoms with van der Waals surface area (Å²) in [6.07, 6.45) is 3.44. The van der Waals surface area contributed by atoms with Gasteiger partial charge in [-0.15, -0.1) is 0 Å². The van der Waals surface area contributed by atoms with Gasteiger partial charge in [-0.2, -0.15) is 0 Å². The highest BCUT2D eigenvalue weighted by atomic mass is 19.1. The molecule has 108 valence electrons. The van der Waals surface area contributed by atoms with E-state index in [1.807, 2.05) is 0 Å². The molecule has 0 fully saturated rings. The Balaban J connectivity index is 2.15. The summed E-state index contributed by atoms with van der Waals surface area (Å²) in [5.41, 5.74) is 0.628. The van der Waals surface area contributed by atoms with E-state index in [0.717, 1.165) is 24.3 Å². The lowest BCUT2D eigenvalue weighted by Crippen LogP contribution is -2.02. The highest BCUT2D eigenvalue weighted by Gasteiger charge is 2.12. The van der Waals surface area contributed by atoms with Gasteiger partial charge in [0.25, 0.3) is 0 Å². The van der Waals surface area contributed by atoms with Crippen molar-refractivity contribution in [2.75, 3.05) is 0 Å². The molecule has 1 aromatic heterocycles. The number of pyridine rings is 1. The number of carbonyl (C=O) groups is 1. The summed E-state index contributed by atoms with van der Waals surface area (Å²) in [6.45, 7) is -0.0704. The Morgan fingerprint density at radius 1 is 1.29 bits per heavy atom. The summed E-state index contributed by atoms with van der Waals surface area (Å²) in [5.74, 6) is -3.54. The molecule has 1 aromatic carbocycles. The molecule has 21 heavy (non-hydrogen) atoms. The Labute approximate surface area is 119 Å². The SMILES string of the molecule is O=C(O)C=Cc1cc(F)c(OCc2ccccn2)c(F)c1. The van der Waals surface area contributed by atoms with Crippen molar-refractivity contribution in [2.45, 2.75) is 6.61 Å². The van der Waals surface area contributed by atoms with E-state index < -0.39 is 23.4 Å². The smallest absolute Gasteiger partial charge is 0.328 e. The summed E-state index contributed by atoms with van der Waals surface area (Å²) < 4.78 is 32.6. The number of rotatable bonds is 5. The van der Waals surface area contributed by atoms with Gasteiger partial charge in [-0.1, -0.05) is 6.07 Å². The molecule has 0 atom stereocenters. The van der Waals surface area contributed by atoms with Crippen LogP contribution in [0, 0.1) is 11.6 Å². The zero-order valence-electron chi connectivity index (χ0n) is 10.8. The molecule has 6 heteroatoms. The summed E-state index contributed by atoms with van der Waals surface area (Å²) in [4.78, 5) is 14.3. The number of aromatic nitrogens is 1. The fourth-order valence-electron chi connectivity index (χ4n) is 1.61. The summed E-state index contributed by atoms with van der Waals surface area (Å²) >= 11 is 0. The molecule has 0 radical (unpaired) electrons. The van der Waals surface area contributed by atoms with Crippen molar-refractivity contribution in [3.8, 4) is 5.75 Å². The molecule has 0 saturated carbocycles.